The number of para-hydroxylation sites is 2. The lowest BCUT2D eigenvalue weighted by Crippen LogP contribution is -2.24. The first-order valence-electron chi connectivity index (χ1n) is 14.4. The van der Waals surface area contributed by atoms with Crippen LogP contribution in [-0.4, -0.2) is 0 Å². The summed E-state index contributed by atoms with van der Waals surface area (Å²) in [5.41, 5.74) is 9.16. The van der Waals surface area contributed by atoms with Crippen molar-refractivity contribution in [1.82, 2.24) is 0 Å². The quantitative estimate of drug-likeness (QED) is 0.183. The first-order valence-corrected chi connectivity index (χ1v) is 14.4. The van der Waals surface area contributed by atoms with Gasteiger partial charge in [-0.1, -0.05) is 138 Å². The summed E-state index contributed by atoms with van der Waals surface area (Å²) >= 11 is 0. The number of benzene rings is 5. The minimum atomic E-state index is 0.124. The number of hydrogen-bond donors (Lipinski definition) is 0. The summed E-state index contributed by atoms with van der Waals surface area (Å²) in [6, 6.07) is 50.5. The molecule has 202 valence electrons. The van der Waals surface area contributed by atoms with Crippen molar-refractivity contribution in [3.8, 4) is 0 Å². The molecule has 1 unspecified atom stereocenters. The standard InChI is InChI=1S/C39H41N/c1-38(2,3)29-39(4,5)33-25-21-31(22-26-33)37(30-15-9-6-10-16-30)32-23-27-36(28-24-32)40(34-17-11-7-12-18-34)35-19-13-8-14-20-35/h6-28,37H,29H2,1-5H3. The molecule has 5 aromatic carbocycles. The highest BCUT2D eigenvalue weighted by atomic mass is 15.1. The van der Waals surface area contributed by atoms with E-state index >= 15 is 0 Å². The average molecular weight is 524 g/mol. The van der Waals surface area contributed by atoms with Gasteiger partial charge in [0.2, 0.25) is 0 Å². The van der Waals surface area contributed by atoms with Crippen LogP contribution in [0.25, 0.3) is 0 Å². The molecule has 1 nitrogen and oxygen atoms in total. The predicted molar refractivity (Wildman–Crippen MR) is 172 cm³/mol. The van der Waals surface area contributed by atoms with E-state index in [2.05, 4.69) is 179 Å². The first kappa shape index (κ1) is 27.5. The van der Waals surface area contributed by atoms with Crippen LogP contribution in [0.15, 0.2) is 140 Å². The van der Waals surface area contributed by atoms with Gasteiger partial charge in [-0.2, -0.15) is 0 Å². The van der Waals surface area contributed by atoms with Crippen LogP contribution in [0, 0.1) is 5.41 Å². The van der Waals surface area contributed by atoms with Gasteiger partial charge in [-0.15, -0.1) is 0 Å². The zero-order valence-electron chi connectivity index (χ0n) is 24.5. The highest BCUT2D eigenvalue weighted by Gasteiger charge is 2.27. The third-order valence-corrected chi connectivity index (χ3v) is 7.64. The number of nitrogens with zero attached hydrogens (tertiary/aromatic N) is 1. The summed E-state index contributed by atoms with van der Waals surface area (Å²) in [6.07, 6.45) is 1.14. The van der Waals surface area contributed by atoms with Crippen LogP contribution in [-0.2, 0) is 5.41 Å². The fraction of sp³-hybridized carbons (Fsp3) is 0.231. The molecule has 0 N–H and O–H groups in total. The Bertz CT molecular complexity index is 1440. The fourth-order valence-electron chi connectivity index (χ4n) is 6.19. The Morgan fingerprint density at radius 1 is 0.450 bits per heavy atom. The molecule has 0 aliphatic heterocycles. The smallest absolute Gasteiger partial charge is 0.0461 e. The lowest BCUT2D eigenvalue weighted by atomic mass is 9.72. The van der Waals surface area contributed by atoms with Gasteiger partial charge >= 0.3 is 0 Å². The maximum absolute atomic E-state index is 2.37. The molecule has 5 rings (SSSR count). The maximum Gasteiger partial charge on any atom is 0.0461 e. The zero-order valence-corrected chi connectivity index (χ0v) is 24.5. The molecule has 0 radical (unpaired) electrons. The van der Waals surface area contributed by atoms with E-state index < -0.39 is 0 Å². The van der Waals surface area contributed by atoms with E-state index in [1.807, 2.05) is 0 Å². The summed E-state index contributed by atoms with van der Waals surface area (Å²) in [4.78, 5) is 2.31. The summed E-state index contributed by atoms with van der Waals surface area (Å²) in [7, 11) is 0. The van der Waals surface area contributed by atoms with E-state index in [0.29, 0.717) is 0 Å². The molecular formula is C39H41N. The summed E-state index contributed by atoms with van der Waals surface area (Å²) in [5.74, 6) is 0.164. The Morgan fingerprint density at radius 3 is 1.27 bits per heavy atom. The van der Waals surface area contributed by atoms with E-state index in [1.54, 1.807) is 0 Å². The Hall–Kier alpha value is -4.10. The minimum absolute atomic E-state index is 0.124. The highest BCUT2D eigenvalue weighted by Crippen LogP contribution is 2.39. The van der Waals surface area contributed by atoms with Gasteiger partial charge in [0.05, 0.1) is 0 Å². The van der Waals surface area contributed by atoms with Gasteiger partial charge in [-0.3, -0.25) is 0 Å². The Morgan fingerprint density at radius 2 is 0.825 bits per heavy atom. The van der Waals surface area contributed by atoms with Crippen LogP contribution in [0.3, 0.4) is 0 Å². The van der Waals surface area contributed by atoms with E-state index in [9.17, 15) is 0 Å². The average Bonchev–Trinajstić information content (AvgIpc) is 2.95. The molecule has 5 aromatic rings. The molecule has 0 saturated carbocycles. The number of anilines is 3. The van der Waals surface area contributed by atoms with Crippen molar-refractivity contribution in [1.29, 1.82) is 0 Å². The largest absolute Gasteiger partial charge is 0.311 e. The van der Waals surface area contributed by atoms with Crippen LogP contribution < -0.4 is 4.90 Å². The molecule has 0 aliphatic carbocycles. The molecule has 0 spiro atoms. The summed E-state index contributed by atoms with van der Waals surface area (Å²) < 4.78 is 0. The van der Waals surface area contributed by atoms with Gasteiger partial charge in [0, 0.05) is 23.0 Å². The van der Waals surface area contributed by atoms with Crippen molar-refractivity contribution in [2.24, 2.45) is 5.41 Å². The molecule has 0 heterocycles. The van der Waals surface area contributed by atoms with Crippen molar-refractivity contribution in [2.45, 2.75) is 52.4 Å². The van der Waals surface area contributed by atoms with Gasteiger partial charge in [-0.05, 0) is 75.9 Å². The second-order valence-electron chi connectivity index (χ2n) is 12.7. The Kier molecular flexibility index (Phi) is 7.94. The minimum Gasteiger partial charge on any atom is -0.311 e. The van der Waals surface area contributed by atoms with E-state index in [1.165, 1.54) is 22.3 Å². The molecule has 40 heavy (non-hydrogen) atoms. The second kappa shape index (κ2) is 11.6. The Balaban J connectivity index is 1.52. The first-order chi connectivity index (χ1) is 19.2. The van der Waals surface area contributed by atoms with E-state index in [4.69, 9.17) is 0 Å². The third kappa shape index (κ3) is 6.37. The van der Waals surface area contributed by atoms with Crippen LogP contribution in [0.2, 0.25) is 0 Å². The van der Waals surface area contributed by atoms with Crippen LogP contribution in [0.5, 0.6) is 0 Å². The van der Waals surface area contributed by atoms with Crippen molar-refractivity contribution in [3.05, 3.63) is 162 Å². The zero-order chi connectivity index (χ0) is 28.2. The molecule has 0 aliphatic rings. The maximum atomic E-state index is 2.37. The molecule has 0 saturated heterocycles. The fourth-order valence-corrected chi connectivity index (χ4v) is 6.19. The van der Waals surface area contributed by atoms with Gasteiger partial charge < -0.3 is 4.90 Å². The van der Waals surface area contributed by atoms with Crippen molar-refractivity contribution >= 4 is 17.1 Å². The van der Waals surface area contributed by atoms with Crippen molar-refractivity contribution < 1.29 is 0 Å². The van der Waals surface area contributed by atoms with Crippen LogP contribution in [0.1, 0.15) is 69.2 Å². The van der Waals surface area contributed by atoms with E-state index in [-0.39, 0.29) is 16.7 Å². The predicted octanol–water partition coefficient (Wildman–Crippen LogP) is 11.1. The number of rotatable bonds is 8. The third-order valence-electron chi connectivity index (χ3n) is 7.64. The highest BCUT2D eigenvalue weighted by molar-refractivity contribution is 5.76. The SMILES string of the molecule is CC(C)(C)CC(C)(C)c1ccc(C(c2ccccc2)c2ccc(N(c3ccccc3)c3ccccc3)cc2)cc1. The van der Waals surface area contributed by atoms with Crippen molar-refractivity contribution in [3.63, 3.8) is 0 Å². The molecule has 1 heteroatoms. The van der Waals surface area contributed by atoms with Crippen molar-refractivity contribution in [2.75, 3.05) is 4.90 Å². The summed E-state index contributed by atoms with van der Waals surface area (Å²) in [5, 5.41) is 0. The summed E-state index contributed by atoms with van der Waals surface area (Å²) in [6.45, 7) is 11.7. The lowest BCUT2D eigenvalue weighted by molar-refractivity contribution is 0.284. The van der Waals surface area contributed by atoms with Gasteiger partial charge in [0.15, 0.2) is 0 Å². The molecule has 0 amide bonds. The monoisotopic (exact) mass is 523 g/mol. The molecule has 0 fully saturated rings. The van der Waals surface area contributed by atoms with Gasteiger partial charge in [0.1, 0.15) is 0 Å². The van der Waals surface area contributed by atoms with Gasteiger partial charge in [0.25, 0.3) is 0 Å². The van der Waals surface area contributed by atoms with Gasteiger partial charge in [-0.25, -0.2) is 0 Å². The Labute approximate surface area is 241 Å². The lowest BCUT2D eigenvalue weighted by Gasteiger charge is -2.33. The topological polar surface area (TPSA) is 3.24 Å². The van der Waals surface area contributed by atoms with Crippen LogP contribution in [0.4, 0.5) is 17.1 Å². The van der Waals surface area contributed by atoms with Crippen LogP contribution >= 0.6 is 0 Å². The molecule has 0 bridgehead atoms. The normalized spacial score (nSPS) is 12.6. The molecular weight excluding hydrogens is 482 g/mol. The number of hydrogen-bond acceptors (Lipinski definition) is 1. The van der Waals surface area contributed by atoms with E-state index in [0.717, 1.165) is 23.5 Å². The molecule has 1 atom stereocenters. The molecule has 0 aromatic heterocycles. The second-order valence-corrected chi connectivity index (χ2v) is 12.7.